The number of carbonyl (C=O) groups is 2. The number of nitrogens with one attached hydrogen (secondary N) is 1. The van der Waals surface area contributed by atoms with Crippen molar-refractivity contribution in [2.24, 2.45) is 0 Å². The zero-order chi connectivity index (χ0) is 26.0. The summed E-state index contributed by atoms with van der Waals surface area (Å²) >= 11 is 6.03. The molecule has 2 aromatic carbocycles. The number of likely N-dealkylation sites (tertiary alicyclic amines) is 1. The van der Waals surface area contributed by atoms with Crippen LogP contribution in [0.2, 0.25) is 5.02 Å². The van der Waals surface area contributed by atoms with E-state index in [2.05, 4.69) is 0 Å². The lowest BCUT2D eigenvalue weighted by atomic mass is 9.95. The topological polar surface area (TPSA) is 111 Å². The lowest BCUT2D eigenvalue weighted by Crippen LogP contribution is -3.06. The van der Waals surface area contributed by atoms with Crippen LogP contribution in [0.3, 0.4) is 0 Å². The van der Waals surface area contributed by atoms with Crippen LogP contribution in [-0.2, 0) is 24.3 Å². The van der Waals surface area contributed by atoms with Gasteiger partial charge in [-0.3, -0.25) is 9.59 Å². The van der Waals surface area contributed by atoms with Crippen molar-refractivity contribution in [3.8, 4) is 0 Å². The molecule has 2 aliphatic heterocycles. The van der Waals surface area contributed by atoms with E-state index in [1.165, 1.54) is 33.5 Å². The monoisotopic (exact) mass is 533 g/mol. The smallest absolute Gasteiger partial charge is 0.295 e. The Labute approximate surface area is 215 Å². The number of benzene rings is 2. The molecule has 0 spiro atoms. The summed E-state index contributed by atoms with van der Waals surface area (Å²) in [5, 5.41) is 14.0. The van der Waals surface area contributed by atoms with Gasteiger partial charge >= 0.3 is 0 Å². The Morgan fingerprint density at radius 1 is 1.06 bits per heavy atom. The number of Topliss-reactive ketones (excluding diaryl/α,β-unsaturated/α-hetero) is 1. The van der Waals surface area contributed by atoms with Crippen LogP contribution in [0.4, 0.5) is 0 Å². The second-order valence-corrected chi connectivity index (χ2v) is 11.4. The van der Waals surface area contributed by atoms with Gasteiger partial charge in [0.05, 0.1) is 51.3 Å². The van der Waals surface area contributed by atoms with Crippen LogP contribution in [0.1, 0.15) is 17.2 Å². The van der Waals surface area contributed by atoms with E-state index in [0.717, 1.165) is 4.90 Å². The van der Waals surface area contributed by atoms with Gasteiger partial charge in [-0.2, -0.15) is 4.31 Å². The summed E-state index contributed by atoms with van der Waals surface area (Å²) in [7, 11) is 0.131. The number of morpholine rings is 1. The van der Waals surface area contributed by atoms with Crippen LogP contribution >= 0.6 is 11.6 Å². The first-order valence-electron chi connectivity index (χ1n) is 11.6. The van der Waals surface area contributed by atoms with E-state index in [4.69, 9.17) is 16.3 Å². The fourth-order valence-electron chi connectivity index (χ4n) is 4.31. The molecular weight excluding hydrogens is 506 g/mol. The number of carbonyl (C=O) groups excluding carboxylic acids is 2. The van der Waals surface area contributed by atoms with Crippen molar-refractivity contribution in [2.75, 3.05) is 53.5 Å². The third kappa shape index (κ3) is 5.18. The van der Waals surface area contributed by atoms with Crippen molar-refractivity contribution < 1.29 is 32.8 Å². The zero-order valence-electron chi connectivity index (χ0n) is 20.1. The van der Waals surface area contributed by atoms with Gasteiger partial charge in [0.25, 0.3) is 5.91 Å². The number of quaternary nitrogens is 1. The Morgan fingerprint density at radius 3 is 2.25 bits per heavy atom. The van der Waals surface area contributed by atoms with Gasteiger partial charge < -0.3 is 19.6 Å². The van der Waals surface area contributed by atoms with E-state index in [1.807, 2.05) is 14.1 Å². The highest BCUT2D eigenvalue weighted by Crippen LogP contribution is 2.38. The van der Waals surface area contributed by atoms with Crippen molar-refractivity contribution in [2.45, 2.75) is 10.9 Å². The van der Waals surface area contributed by atoms with E-state index < -0.39 is 33.5 Å². The fourth-order valence-corrected chi connectivity index (χ4v) is 5.84. The summed E-state index contributed by atoms with van der Waals surface area (Å²) in [6.07, 6.45) is 0. The first kappa shape index (κ1) is 26.3. The highest BCUT2D eigenvalue weighted by atomic mass is 35.5. The predicted molar refractivity (Wildman–Crippen MR) is 132 cm³/mol. The summed E-state index contributed by atoms with van der Waals surface area (Å²) in [6, 6.07) is 11.3. The van der Waals surface area contributed by atoms with Gasteiger partial charge in [0, 0.05) is 23.7 Å². The number of hydrogen-bond donors (Lipinski definition) is 1. The number of sulfonamides is 1. The van der Waals surface area contributed by atoms with E-state index in [-0.39, 0.29) is 35.7 Å². The molecule has 0 aromatic heterocycles. The molecule has 11 heteroatoms. The molecule has 0 radical (unpaired) electrons. The summed E-state index contributed by atoms with van der Waals surface area (Å²) in [5.41, 5.74) is 0.577. The molecule has 2 aliphatic rings. The Bertz CT molecular complexity index is 1270. The maximum atomic E-state index is 13.6. The van der Waals surface area contributed by atoms with Crippen molar-refractivity contribution in [3.05, 3.63) is 70.3 Å². The molecule has 0 bridgehead atoms. The van der Waals surface area contributed by atoms with Gasteiger partial charge in [0.2, 0.25) is 15.8 Å². The molecule has 2 fully saturated rings. The minimum absolute atomic E-state index is 0.0459. The third-order valence-electron chi connectivity index (χ3n) is 6.29. The third-order valence-corrected chi connectivity index (χ3v) is 8.46. The molecule has 1 amide bonds. The molecule has 36 heavy (non-hydrogen) atoms. The lowest BCUT2D eigenvalue weighted by molar-refractivity contribution is -0.857. The normalized spacial score (nSPS) is 20.9. The molecule has 0 aliphatic carbocycles. The van der Waals surface area contributed by atoms with Crippen LogP contribution in [0.15, 0.2) is 59.0 Å². The van der Waals surface area contributed by atoms with E-state index in [9.17, 15) is 23.1 Å². The molecule has 1 atom stereocenters. The Kier molecular flexibility index (Phi) is 7.82. The Balaban J connectivity index is 1.73. The van der Waals surface area contributed by atoms with Crippen LogP contribution in [0.25, 0.3) is 5.76 Å². The highest BCUT2D eigenvalue weighted by molar-refractivity contribution is 7.89. The quantitative estimate of drug-likeness (QED) is 0.298. The van der Waals surface area contributed by atoms with Gasteiger partial charge in [-0.25, -0.2) is 8.42 Å². The second-order valence-electron chi connectivity index (χ2n) is 9.02. The average molecular weight is 534 g/mol. The molecule has 0 saturated carbocycles. The fraction of sp³-hybridized carbons (Fsp3) is 0.360. The molecule has 2 aromatic rings. The van der Waals surface area contributed by atoms with Gasteiger partial charge in [0.15, 0.2) is 0 Å². The Hall–Kier alpha value is -2.76. The van der Waals surface area contributed by atoms with E-state index >= 15 is 0 Å². The summed E-state index contributed by atoms with van der Waals surface area (Å²) in [4.78, 5) is 28.6. The number of hydrogen-bond acceptors (Lipinski definition) is 6. The minimum Gasteiger partial charge on any atom is -0.872 e. The number of ether oxygens (including phenoxy) is 1. The largest absolute Gasteiger partial charge is 0.872 e. The van der Waals surface area contributed by atoms with Crippen LogP contribution < -0.4 is 10.0 Å². The van der Waals surface area contributed by atoms with Crippen molar-refractivity contribution in [3.63, 3.8) is 0 Å². The van der Waals surface area contributed by atoms with Crippen LogP contribution in [-0.4, -0.2) is 82.8 Å². The maximum absolute atomic E-state index is 13.6. The number of likely N-dealkylation sites (N-methyl/N-ethyl adjacent to an activating group) is 1. The first-order chi connectivity index (χ1) is 17.1. The van der Waals surface area contributed by atoms with Crippen molar-refractivity contribution in [1.82, 2.24) is 9.21 Å². The van der Waals surface area contributed by atoms with Gasteiger partial charge in [-0.05, 0) is 35.4 Å². The number of rotatable bonds is 7. The molecule has 1 N–H and O–H groups in total. The molecule has 2 heterocycles. The number of ketones is 1. The predicted octanol–water partition coefficient (Wildman–Crippen LogP) is -0.271. The minimum atomic E-state index is -3.73. The van der Waals surface area contributed by atoms with Crippen molar-refractivity contribution in [1.29, 1.82) is 0 Å². The molecule has 1 unspecified atom stereocenters. The zero-order valence-corrected chi connectivity index (χ0v) is 21.6. The summed E-state index contributed by atoms with van der Waals surface area (Å²) in [6.45, 7) is 2.02. The number of halogens is 1. The summed E-state index contributed by atoms with van der Waals surface area (Å²) < 4.78 is 32.4. The lowest BCUT2D eigenvalue weighted by Gasteiger charge is -2.28. The van der Waals surface area contributed by atoms with Crippen LogP contribution in [0.5, 0.6) is 0 Å². The molecule has 2 saturated heterocycles. The molecule has 9 nitrogen and oxygen atoms in total. The van der Waals surface area contributed by atoms with Gasteiger partial charge in [-0.15, -0.1) is 0 Å². The SMILES string of the molecule is C[NH+](C)CCN1C(=O)C(=O)/C(=C(/[O-])c2ccc(S(=O)(=O)N3CCOCC3)cc2)C1c1ccc(Cl)cc1. The molecule has 4 rings (SSSR count). The van der Waals surface area contributed by atoms with Crippen molar-refractivity contribution >= 4 is 39.1 Å². The first-order valence-corrected chi connectivity index (χ1v) is 13.4. The number of amides is 1. The molecule has 192 valence electrons. The van der Waals surface area contributed by atoms with Crippen LogP contribution in [0, 0.1) is 0 Å². The van der Waals surface area contributed by atoms with E-state index in [0.29, 0.717) is 30.3 Å². The highest BCUT2D eigenvalue weighted by Gasteiger charge is 2.44. The molecular formula is C25H28ClN3O6S. The standard InChI is InChI=1S/C25H28ClN3O6S/c1-27(2)11-12-29-22(17-3-7-19(26)8-4-17)21(24(31)25(29)32)23(30)18-5-9-20(10-6-18)36(33,34)28-13-15-35-16-14-28/h3-10,22,30H,11-16H2,1-2H3/b23-21+. The Morgan fingerprint density at radius 2 is 1.67 bits per heavy atom. The maximum Gasteiger partial charge on any atom is 0.295 e. The number of nitrogens with zero attached hydrogens (tertiary/aromatic N) is 2. The van der Waals surface area contributed by atoms with E-state index in [1.54, 1.807) is 24.3 Å². The van der Waals surface area contributed by atoms with Gasteiger partial charge in [0.1, 0.15) is 0 Å². The second kappa shape index (κ2) is 10.7. The van der Waals surface area contributed by atoms with Gasteiger partial charge in [-0.1, -0.05) is 41.6 Å². The average Bonchev–Trinajstić information content (AvgIpc) is 3.13. The summed E-state index contributed by atoms with van der Waals surface area (Å²) in [5.74, 6) is -2.19.